The van der Waals surface area contributed by atoms with Crippen LogP contribution in [0.2, 0.25) is 0 Å². The maximum absolute atomic E-state index is 15.6. The number of halogens is 2. The molecule has 206 valence electrons. The van der Waals surface area contributed by atoms with Crippen molar-refractivity contribution in [2.45, 2.75) is 45.8 Å². The smallest absolute Gasteiger partial charge is 0.410 e. The van der Waals surface area contributed by atoms with Gasteiger partial charge in [0.1, 0.15) is 5.60 Å². The number of pyridine rings is 1. The fourth-order valence-corrected chi connectivity index (χ4v) is 4.63. The number of carbonyl (C=O) groups excluding carboxylic acids is 1. The Labute approximate surface area is 227 Å². The van der Waals surface area contributed by atoms with E-state index >= 15 is 8.78 Å². The molecule has 1 amide bonds. The molecule has 6 rings (SSSR count). The number of aromatic nitrogens is 8. The van der Waals surface area contributed by atoms with E-state index in [2.05, 4.69) is 30.4 Å². The third-order valence-corrected chi connectivity index (χ3v) is 6.59. The van der Waals surface area contributed by atoms with E-state index in [1.807, 2.05) is 37.7 Å². The summed E-state index contributed by atoms with van der Waals surface area (Å²) < 4.78 is 39.4. The Morgan fingerprint density at radius 3 is 2.62 bits per heavy atom. The van der Waals surface area contributed by atoms with Crippen molar-refractivity contribution in [1.29, 1.82) is 0 Å². The molecule has 0 N–H and O–H groups in total. The Kier molecular flexibility index (Phi) is 5.97. The van der Waals surface area contributed by atoms with Crippen LogP contribution in [0.4, 0.5) is 13.6 Å². The molecule has 1 aromatic carbocycles. The van der Waals surface area contributed by atoms with Gasteiger partial charge >= 0.3 is 12.0 Å². The van der Waals surface area contributed by atoms with Crippen LogP contribution in [-0.2, 0) is 17.2 Å². The number of aryl methyl sites for hydroxylation is 1. The van der Waals surface area contributed by atoms with Crippen LogP contribution in [0.3, 0.4) is 0 Å². The Morgan fingerprint density at radius 1 is 1.05 bits per heavy atom. The number of fused-ring (bicyclic) bond motifs is 2. The van der Waals surface area contributed by atoms with E-state index in [-0.39, 0.29) is 23.4 Å². The van der Waals surface area contributed by atoms with Crippen molar-refractivity contribution in [3.05, 3.63) is 66.1 Å². The average molecular weight is 548 g/mol. The predicted molar refractivity (Wildman–Crippen MR) is 141 cm³/mol. The first-order valence-electron chi connectivity index (χ1n) is 12.8. The summed E-state index contributed by atoms with van der Waals surface area (Å²) in [5, 5.41) is 16.5. The molecule has 0 spiro atoms. The predicted octanol–water partition coefficient (Wildman–Crippen LogP) is 4.25. The zero-order chi connectivity index (χ0) is 28.2. The van der Waals surface area contributed by atoms with Crippen LogP contribution >= 0.6 is 0 Å². The molecule has 0 atom stereocenters. The Morgan fingerprint density at radius 2 is 1.85 bits per heavy atom. The molecule has 1 aliphatic rings. The van der Waals surface area contributed by atoms with E-state index in [0.717, 1.165) is 15.6 Å². The third-order valence-electron chi connectivity index (χ3n) is 6.59. The van der Waals surface area contributed by atoms with Gasteiger partial charge in [0.05, 0.1) is 23.6 Å². The van der Waals surface area contributed by atoms with Gasteiger partial charge in [-0.25, -0.2) is 9.78 Å². The number of hydrogen-bond donors (Lipinski definition) is 0. The van der Waals surface area contributed by atoms with Crippen molar-refractivity contribution in [2.24, 2.45) is 5.92 Å². The van der Waals surface area contributed by atoms with Crippen LogP contribution in [-0.4, -0.2) is 69.2 Å². The van der Waals surface area contributed by atoms with Gasteiger partial charge in [-0.2, -0.15) is 23.5 Å². The topological polar surface area (TPSA) is 116 Å². The van der Waals surface area contributed by atoms with Gasteiger partial charge in [-0.1, -0.05) is 6.07 Å². The van der Waals surface area contributed by atoms with Gasteiger partial charge in [-0.15, -0.1) is 10.2 Å². The van der Waals surface area contributed by atoms with E-state index < -0.39 is 17.3 Å². The van der Waals surface area contributed by atoms with E-state index in [1.165, 1.54) is 18.3 Å². The summed E-state index contributed by atoms with van der Waals surface area (Å²) in [7, 11) is 0. The number of ether oxygens (including phenoxy) is 1. The number of likely N-dealkylation sites (tertiary alicyclic amines) is 1. The molecule has 0 unspecified atom stereocenters. The van der Waals surface area contributed by atoms with E-state index in [0.29, 0.717) is 36.2 Å². The van der Waals surface area contributed by atoms with Crippen LogP contribution in [0, 0.1) is 12.8 Å². The van der Waals surface area contributed by atoms with Crippen molar-refractivity contribution in [2.75, 3.05) is 13.1 Å². The van der Waals surface area contributed by atoms with Gasteiger partial charge in [-0.3, -0.25) is 9.67 Å². The van der Waals surface area contributed by atoms with Crippen LogP contribution in [0.15, 0.2) is 49.1 Å². The highest BCUT2D eigenvalue weighted by Crippen LogP contribution is 2.36. The van der Waals surface area contributed by atoms with Gasteiger partial charge in [0.15, 0.2) is 0 Å². The van der Waals surface area contributed by atoms with Gasteiger partial charge in [0, 0.05) is 60.0 Å². The van der Waals surface area contributed by atoms with Crippen LogP contribution in [0.1, 0.15) is 37.9 Å². The highest BCUT2D eigenvalue weighted by molar-refractivity contribution is 5.84. The third kappa shape index (κ3) is 4.82. The normalized spacial score (nSPS) is 14.6. The lowest BCUT2D eigenvalue weighted by atomic mass is 10.0. The van der Waals surface area contributed by atoms with E-state index in [9.17, 15) is 4.79 Å². The minimum absolute atomic E-state index is 0.00137. The second-order valence-electron chi connectivity index (χ2n) is 11.0. The molecule has 40 heavy (non-hydrogen) atoms. The van der Waals surface area contributed by atoms with Crippen LogP contribution in [0.5, 0.6) is 0 Å². The Hall–Kier alpha value is -4.55. The summed E-state index contributed by atoms with van der Waals surface area (Å²) in [6.07, 6.45) is 6.44. The summed E-state index contributed by atoms with van der Waals surface area (Å²) in [6.45, 7) is 9.04. The fourth-order valence-electron chi connectivity index (χ4n) is 4.63. The van der Waals surface area contributed by atoms with Gasteiger partial charge in [0.25, 0.3) is 5.78 Å². The van der Waals surface area contributed by atoms with Crippen LogP contribution in [0.25, 0.3) is 27.8 Å². The quantitative estimate of drug-likeness (QED) is 0.321. The van der Waals surface area contributed by atoms with Crippen molar-refractivity contribution in [3.8, 4) is 11.1 Å². The Balaban J connectivity index is 1.20. The molecular formula is C27H27F2N9O2. The average Bonchev–Trinajstić information content (AvgIpc) is 3.51. The summed E-state index contributed by atoms with van der Waals surface area (Å²) in [5.74, 6) is -3.81. The lowest BCUT2D eigenvalue weighted by molar-refractivity contribution is -0.00384. The molecule has 0 aliphatic carbocycles. The van der Waals surface area contributed by atoms with Crippen LogP contribution < -0.4 is 0 Å². The van der Waals surface area contributed by atoms with E-state index in [4.69, 9.17) is 4.74 Å². The number of amides is 1. The number of carbonyl (C=O) groups is 1. The first-order chi connectivity index (χ1) is 19.0. The number of benzene rings is 1. The molecule has 0 saturated carbocycles. The van der Waals surface area contributed by atoms with Crippen molar-refractivity contribution in [1.82, 2.24) is 44.5 Å². The lowest BCUT2D eigenvalue weighted by Gasteiger charge is -2.39. The van der Waals surface area contributed by atoms with Crippen molar-refractivity contribution < 1.29 is 18.3 Å². The Bertz CT molecular complexity index is 1740. The highest BCUT2D eigenvalue weighted by atomic mass is 19.3. The second-order valence-corrected chi connectivity index (χ2v) is 11.0. The van der Waals surface area contributed by atoms with Gasteiger partial charge < -0.3 is 9.64 Å². The van der Waals surface area contributed by atoms with E-state index in [1.54, 1.807) is 30.3 Å². The van der Waals surface area contributed by atoms with Gasteiger partial charge in [0.2, 0.25) is 5.82 Å². The number of nitrogens with zero attached hydrogens (tertiary/aromatic N) is 9. The summed E-state index contributed by atoms with van der Waals surface area (Å²) in [6, 6.07) is 6.10. The molecule has 5 aromatic rings. The molecule has 1 aliphatic heterocycles. The fraction of sp³-hybridized carbons (Fsp3) is 0.370. The maximum Gasteiger partial charge on any atom is 0.410 e. The van der Waals surface area contributed by atoms with Crippen molar-refractivity contribution in [3.63, 3.8) is 0 Å². The minimum atomic E-state index is -3.47. The molecule has 1 fully saturated rings. The molecule has 1 saturated heterocycles. The van der Waals surface area contributed by atoms with Gasteiger partial charge in [-0.05, 0) is 45.9 Å². The molecule has 0 radical (unpaired) electrons. The highest BCUT2D eigenvalue weighted by Gasteiger charge is 2.40. The van der Waals surface area contributed by atoms with Crippen molar-refractivity contribution >= 4 is 22.8 Å². The number of rotatable bonds is 5. The first kappa shape index (κ1) is 25.7. The largest absolute Gasteiger partial charge is 0.444 e. The maximum atomic E-state index is 15.6. The minimum Gasteiger partial charge on any atom is -0.444 e. The molecular weight excluding hydrogens is 520 g/mol. The monoisotopic (exact) mass is 547 g/mol. The number of alkyl halides is 2. The molecule has 5 heterocycles. The standard InChI is InChI=1S/C27H27F2N9O2/c1-16-9-31-24-34-33-23(38(24)35-16)27(28,29)21-5-6-22-18(8-21)7-19(10-30-22)20-11-32-37(15-20)14-17-12-36(13-17)25(39)40-26(2,3)4/h5-11,15,17H,12-14H2,1-4H3. The summed E-state index contributed by atoms with van der Waals surface area (Å²) in [5.41, 5.74) is 1.82. The zero-order valence-electron chi connectivity index (χ0n) is 22.4. The summed E-state index contributed by atoms with van der Waals surface area (Å²) >= 11 is 0. The molecule has 4 aromatic heterocycles. The molecule has 0 bridgehead atoms. The lowest BCUT2D eigenvalue weighted by Crippen LogP contribution is -2.52. The SMILES string of the molecule is Cc1cnc2nnc(C(F)(F)c3ccc4ncc(-c5cnn(CC6CN(C(=O)OC(C)(C)C)C6)c5)cc4c3)n2n1. The summed E-state index contributed by atoms with van der Waals surface area (Å²) in [4.78, 5) is 22.3. The first-order valence-corrected chi connectivity index (χ1v) is 12.8. The second kappa shape index (κ2) is 9.28. The molecule has 11 nitrogen and oxygen atoms in total. The number of hydrogen-bond acceptors (Lipinski definition) is 8. The molecule has 13 heteroatoms. The zero-order valence-corrected chi connectivity index (χ0v) is 22.4.